The molecule has 1 aliphatic heterocycles. The Balaban J connectivity index is 0.000000546. The van der Waals surface area contributed by atoms with Gasteiger partial charge in [-0.15, -0.1) is 0 Å². The molecule has 0 bridgehead atoms. The van der Waals surface area contributed by atoms with Gasteiger partial charge in [0.15, 0.2) is 0 Å². The molecule has 4 rings (SSSR count). The summed E-state index contributed by atoms with van der Waals surface area (Å²) in [5.41, 5.74) is -2.69. The van der Waals surface area contributed by atoms with Crippen LogP contribution in [0.5, 0.6) is 0 Å². The van der Waals surface area contributed by atoms with E-state index < -0.39 is 46.7 Å². The first kappa shape index (κ1) is 40.5. The molecular weight excluding hydrogens is 620 g/mol. The number of benzene rings is 2. The van der Waals surface area contributed by atoms with Crippen molar-refractivity contribution in [3.63, 3.8) is 0 Å². The number of carboxylic acids is 1. The van der Waals surface area contributed by atoms with Gasteiger partial charge in [-0.1, -0.05) is 75.7 Å². The molecule has 2 aromatic carbocycles. The van der Waals surface area contributed by atoms with Crippen molar-refractivity contribution in [3.05, 3.63) is 48.5 Å². The van der Waals surface area contributed by atoms with Crippen molar-refractivity contribution in [2.24, 2.45) is 34.5 Å². The number of hydrogen-bond acceptors (Lipinski definition) is 7. The van der Waals surface area contributed by atoms with Crippen LogP contribution in [0.3, 0.4) is 0 Å². The average Bonchev–Trinajstić information content (AvgIpc) is 3.04. The fourth-order valence-corrected chi connectivity index (χ4v) is 7.49. The molecule has 274 valence electrons. The zero-order chi connectivity index (χ0) is 36.4. The molecule has 1 saturated heterocycles. The second-order valence-corrected chi connectivity index (χ2v) is 16.2. The van der Waals surface area contributed by atoms with Crippen LogP contribution in [-0.4, -0.2) is 52.7 Å². The minimum atomic E-state index is -1.06. The van der Waals surface area contributed by atoms with E-state index in [-0.39, 0.29) is 24.2 Å². The van der Waals surface area contributed by atoms with Gasteiger partial charge in [0, 0.05) is 12.3 Å². The van der Waals surface area contributed by atoms with E-state index in [0.29, 0.717) is 44.6 Å². The number of carbonyl (C=O) groups excluding carboxylic acids is 2. The predicted molar refractivity (Wildman–Crippen MR) is 193 cm³/mol. The third kappa shape index (κ3) is 11.8. The Labute approximate surface area is 294 Å². The van der Waals surface area contributed by atoms with Gasteiger partial charge in [0.25, 0.3) is 0 Å². The van der Waals surface area contributed by atoms with Crippen molar-refractivity contribution in [3.8, 4) is 0 Å². The zero-order valence-corrected chi connectivity index (χ0v) is 31.2. The number of rotatable bonds is 13. The van der Waals surface area contributed by atoms with Gasteiger partial charge >= 0.3 is 17.9 Å². The lowest BCUT2D eigenvalue weighted by molar-refractivity contribution is -0.193. The summed E-state index contributed by atoms with van der Waals surface area (Å²) in [6, 6.07) is 16.7. The number of ether oxygens (including phenoxy) is 3. The van der Waals surface area contributed by atoms with Crippen molar-refractivity contribution in [2.75, 3.05) is 6.61 Å². The fraction of sp³-hybridized carbons (Fsp3) is 0.683. The number of hydrogen-bond donors (Lipinski definition) is 2. The molecule has 49 heavy (non-hydrogen) atoms. The highest BCUT2D eigenvalue weighted by Gasteiger charge is 2.44. The summed E-state index contributed by atoms with van der Waals surface area (Å²) in [6.07, 6.45) is 5.33. The van der Waals surface area contributed by atoms with E-state index >= 15 is 0 Å². The maximum absolute atomic E-state index is 13.4. The second kappa shape index (κ2) is 17.8. The second-order valence-electron chi connectivity index (χ2n) is 16.2. The van der Waals surface area contributed by atoms with Gasteiger partial charge in [0.1, 0.15) is 5.60 Å². The van der Waals surface area contributed by atoms with Crippen molar-refractivity contribution in [1.82, 2.24) is 0 Å². The molecule has 1 heterocycles. The van der Waals surface area contributed by atoms with E-state index in [0.717, 1.165) is 25.7 Å². The van der Waals surface area contributed by atoms with E-state index in [1.807, 2.05) is 41.5 Å². The van der Waals surface area contributed by atoms with Gasteiger partial charge in [-0.3, -0.25) is 14.4 Å². The topological polar surface area (TPSA) is 119 Å². The van der Waals surface area contributed by atoms with Crippen LogP contribution >= 0.6 is 0 Å². The molecule has 0 aromatic heterocycles. The summed E-state index contributed by atoms with van der Waals surface area (Å²) >= 11 is 0. The van der Waals surface area contributed by atoms with Gasteiger partial charge in [0.05, 0.1) is 29.5 Å². The molecule has 8 heteroatoms. The quantitative estimate of drug-likeness (QED) is 0.201. The highest BCUT2D eigenvalue weighted by molar-refractivity contribution is 5.82. The third-order valence-corrected chi connectivity index (χ3v) is 10.8. The summed E-state index contributed by atoms with van der Waals surface area (Å²) in [5.74, 6) is -2.06. The zero-order valence-electron chi connectivity index (χ0n) is 31.2. The molecular formula is C41H62O8. The Morgan fingerprint density at radius 3 is 2.00 bits per heavy atom. The molecule has 2 aromatic rings. The fourth-order valence-electron chi connectivity index (χ4n) is 7.49. The number of aliphatic carboxylic acids is 1. The summed E-state index contributed by atoms with van der Waals surface area (Å²) < 4.78 is 17.3. The Kier molecular flexibility index (Phi) is 14.7. The van der Waals surface area contributed by atoms with Crippen LogP contribution < -0.4 is 0 Å². The summed E-state index contributed by atoms with van der Waals surface area (Å²) in [5, 5.41) is 23.2. The van der Waals surface area contributed by atoms with Gasteiger partial charge in [-0.2, -0.15) is 0 Å². The van der Waals surface area contributed by atoms with Crippen molar-refractivity contribution in [2.45, 2.75) is 138 Å². The third-order valence-electron chi connectivity index (χ3n) is 10.8. The van der Waals surface area contributed by atoms with Crippen molar-refractivity contribution < 1.29 is 38.8 Å². The van der Waals surface area contributed by atoms with Crippen LogP contribution in [0.2, 0.25) is 0 Å². The van der Waals surface area contributed by atoms with Crippen molar-refractivity contribution in [1.29, 1.82) is 0 Å². The van der Waals surface area contributed by atoms with Gasteiger partial charge < -0.3 is 24.4 Å². The molecule has 7 unspecified atom stereocenters. The molecule has 2 fully saturated rings. The lowest BCUT2D eigenvalue weighted by atomic mass is 9.72. The number of carbonyl (C=O) groups is 3. The maximum atomic E-state index is 13.4. The maximum Gasteiger partial charge on any atom is 0.312 e. The molecule has 2 N–H and O–H groups in total. The molecule has 0 radical (unpaired) electrons. The predicted octanol–water partition coefficient (Wildman–Crippen LogP) is 8.96. The van der Waals surface area contributed by atoms with E-state index in [4.69, 9.17) is 14.2 Å². The standard InChI is InChI=1S/C31H54O8.C10H8/c1-9-31(8,27(34)35)19-22(26(33)38-25-12-10-11-15-37-25)16-21(3)18-29(4,5)28(36)39-30(6,7)23-14-13-20(2)17-24(23)32;1-2-6-10-8-4-3-7-9(10)5-1/h20-25,32H,9-19H2,1-8H3,(H,34,35);1-8H. The van der Waals surface area contributed by atoms with Crippen LogP contribution in [-0.2, 0) is 28.6 Å². The minimum Gasteiger partial charge on any atom is -0.481 e. The largest absolute Gasteiger partial charge is 0.481 e. The number of fused-ring (bicyclic) bond motifs is 1. The van der Waals surface area contributed by atoms with Crippen LogP contribution in [0.1, 0.15) is 120 Å². The molecule has 1 aliphatic carbocycles. The smallest absolute Gasteiger partial charge is 0.312 e. The Bertz CT molecular complexity index is 1300. The Morgan fingerprint density at radius 1 is 0.918 bits per heavy atom. The van der Waals surface area contributed by atoms with Crippen molar-refractivity contribution >= 4 is 28.7 Å². The Morgan fingerprint density at radius 2 is 1.51 bits per heavy atom. The summed E-state index contributed by atoms with van der Waals surface area (Å²) in [7, 11) is 0. The van der Waals surface area contributed by atoms with Crippen LogP contribution in [0.25, 0.3) is 10.8 Å². The van der Waals surface area contributed by atoms with Gasteiger partial charge in [-0.05, 0) is 109 Å². The molecule has 2 aliphatic rings. The van der Waals surface area contributed by atoms with E-state index in [1.54, 1.807) is 6.92 Å². The van der Waals surface area contributed by atoms with Crippen LogP contribution in [0, 0.1) is 34.5 Å². The molecule has 7 atom stereocenters. The number of carboxylic acid groups (broad SMARTS) is 1. The highest BCUT2D eigenvalue weighted by atomic mass is 16.7. The number of aliphatic hydroxyl groups is 1. The van der Waals surface area contributed by atoms with E-state index in [2.05, 4.69) is 55.5 Å². The first-order chi connectivity index (χ1) is 23.0. The van der Waals surface area contributed by atoms with E-state index in [9.17, 15) is 24.6 Å². The monoisotopic (exact) mass is 682 g/mol. The molecule has 8 nitrogen and oxygen atoms in total. The van der Waals surface area contributed by atoms with Gasteiger partial charge in [0.2, 0.25) is 6.29 Å². The SMILES string of the molecule is CCC(C)(CC(CC(C)CC(C)(C)C(=O)OC(C)(C)C1CCC(C)CC1O)C(=O)OC1CCCCO1)C(=O)O.c1ccc2ccccc2c1. The normalized spacial score (nSPS) is 24.0. The highest BCUT2D eigenvalue weighted by Crippen LogP contribution is 2.41. The first-order valence-corrected chi connectivity index (χ1v) is 18.4. The van der Waals surface area contributed by atoms with Crippen LogP contribution in [0.4, 0.5) is 0 Å². The molecule has 1 saturated carbocycles. The van der Waals surface area contributed by atoms with Crippen LogP contribution in [0.15, 0.2) is 48.5 Å². The number of aliphatic hydroxyl groups excluding tert-OH is 1. The van der Waals surface area contributed by atoms with E-state index in [1.165, 1.54) is 10.8 Å². The lowest BCUT2D eigenvalue weighted by Gasteiger charge is -2.42. The average molecular weight is 683 g/mol. The summed E-state index contributed by atoms with van der Waals surface area (Å²) in [4.78, 5) is 38.7. The minimum absolute atomic E-state index is 0.0727. The number of esters is 2. The lowest BCUT2D eigenvalue weighted by Crippen LogP contribution is -2.47. The van der Waals surface area contributed by atoms with Gasteiger partial charge in [-0.25, -0.2) is 0 Å². The summed E-state index contributed by atoms with van der Waals surface area (Å²) in [6.45, 7) is 15.6. The first-order valence-electron chi connectivity index (χ1n) is 18.4. The molecule has 0 amide bonds. The Hall–Kier alpha value is -2.97. The molecule has 0 spiro atoms.